The van der Waals surface area contributed by atoms with Crippen LogP contribution >= 0.6 is 0 Å². The summed E-state index contributed by atoms with van der Waals surface area (Å²) in [7, 11) is 0. The molecule has 4 heterocycles. The van der Waals surface area contributed by atoms with Gasteiger partial charge in [-0.15, -0.1) is 0 Å². The van der Waals surface area contributed by atoms with E-state index in [1.165, 1.54) is 18.3 Å². The van der Waals surface area contributed by atoms with E-state index in [9.17, 15) is 18.0 Å². The average Bonchev–Trinajstić information content (AvgIpc) is 3.43. The van der Waals surface area contributed by atoms with E-state index in [-0.39, 0.29) is 11.7 Å². The first kappa shape index (κ1) is 25.9. The number of hydrogen-bond donors (Lipinski definition) is 1. The van der Waals surface area contributed by atoms with Gasteiger partial charge in [-0.05, 0) is 37.3 Å². The Morgan fingerprint density at radius 1 is 1.08 bits per heavy atom. The van der Waals surface area contributed by atoms with Crippen molar-refractivity contribution in [3.63, 3.8) is 0 Å². The van der Waals surface area contributed by atoms with Gasteiger partial charge in [0.1, 0.15) is 11.8 Å². The van der Waals surface area contributed by atoms with Gasteiger partial charge in [-0.3, -0.25) is 9.78 Å². The van der Waals surface area contributed by atoms with E-state index in [1.54, 1.807) is 12.3 Å². The summed E-state index contributed by atoms with van der Waals surface area (Å²) in [6, 6.07) is 8.00. The molecule has 2 aliphatic heterocycles. The number of pyridine rings is 2. The van der Waals surface area contributed by atoms with Crippen molar-refractivity contribution in [3.05, 3.63) is 65.6 Å². The molecule has 1 N–H and O–H groups in total. The zero-order valence-electron chi connectivity index (χ0n) is 20.8. The van der Waals surface area contributed by atoms with Crippen LogP contribution in [0.1, 0.15) is 28.0 Å². The fourth-order valence-corrected chi connectivity index (χ4v) is 4.41. The molecule has 0 spiro atoms. The summed E-state index contributed by atoms with van der Waals surface area (Å²) in [5.74, 6) is -0.145. The van der Waals surface area contributed by atoms with Gasteiger partial charge in [0, 0.05) is 48.1 Å². The fraction of sp³-hybridized carbons (Fsp3) is 0.370. The van der Waals surface area contributed by atoms with Gasteiger partial charge in [-0.2, -0.15) is 13.2 Å². The number of aryl methyl sites for hydroxylation is 1. The third-order valence-corrected chi connectivity index (χ3v) is 6.46. The molecule has 2 fully saturated rings. The van der Waals surface area contributed by atoms with Crippen LogP contribution < -0.4 is 15.0 Å². The van der Waals surface area contributed by atoms with Crippen LogP contribution in [0.3, 0.4) is 0 Å². The summed E-state index contributed by atoms with van der Waals surface area (Å²) in [5.41, 5.74) is 2.39. The van der Waals surface area contributed by atoms with Crippen LogP contribution in [0.5, 0.6) is 5.88 Å². The normalized spacial score (nSPS) is 17.9. The van der Waals surface area contributed by atoms with Crippen molar-refractivity contribution < 1.29 is 32.2 Å². The van der Waals surface area contributed by atoms with Crippen LogP contribution in [0.25, 0.3) is 11.1 Å². The Labute approximate surface area is 217 Å². The summed E-state index contributed by atoms with van der Waals surface area (Å²) in [6.45, 7) is 5.56. The second kappa shape index (κ2) is 11.0. The number of nitrogens with zero attached hydrogens (tertiary/aromatic N) is 3. The molecule has 0 radical (unpaired) electrons. The number of morpholine rings is 1. The predicted octanol–water partition coefficient (Wildman–Crippen LogP) is 4.73. The van der Waals surface area contributed by atoms with Crippen LogP contribution in [0.4, 0.5) is 24.5 Å². The Balaban J connectivity index is 1.42. The Morgan fingerprint density at radius 3 is 2.63 bits per heavy atom. The number of aromatic nitrogens is 2. The standard InChI is InChI=1S/C27H27F3N4O4/c1-17-23(13-21(15-31-17)33-25(35)18-3-2-4-20(11-18)27(28,29)30)19-12-24(34-6-9-36-10-7-34)26(32-14-19)38-22-5-8-37-16-22/h2-4,11-15,22H,5-10,16H2,1H3,(H,33,35)/t22-/m1/s1. The molecule has 1 amide bonds. The summed E-state index contributed by atoms with van der Waals surface area (Å²) < 4.78 is 56.4. The van der Waals surface area contributed by atoms with Gasteiger partial charge in [-0.25, -0.2) is 4.98 Å². The number of alkyl halides is 3. The van der Waals surface area contributed by atoms with Crippen molar-refractivity contribution in [2.45, 2.75) is 25.6 Å². The maximum atomic E-state index is 13.1. The van der Waals surface area contributed by atoms with Crippen LogP contribution in [-0.4, -0.2) is 61.5 Å². The summed E-state index contributed by atoms with van der Waals surface area (Å²) in [4.78, 5) is 23.9. The maximum absolute atomic E-state index is 13.1. The SMILES string of the molecule is Cc1ncc(NC(=O)c2cccc(C(F)(F)F)c2)cc1-c1cnc(O[C@@H]2CCOC2)c(N2CCOCC2)c1. The highest BCUT2D eigenvalue weighted by atomic mass is 19.4. The van der Waals surface area contributed by atoms with E-state index < -0.39 is 17.6 Å². The number of carbonyl (C=O) groups is 1. The van der Waals surface area contributed by atoms with E-state index in [0.29, 0.717) is 56.8 Å². The second-order valence-electron chi connectivity index (χ2n) is 9.14. The number of amides is 1. The Kier molecular flexibility index (Phi) is 7.48. The third-order valence-electron chi connectivity index (χ3n) is 6.46. The molecule has 0 saturated carbocycles. The van der Waals surface area contributed by atoms with Crippen molar-refractivity contribution in [2.75, 3.05) is 49.7 Å². The molecular weight excluding hydrogens is 501 g/mol. The van der Waals surface area contributed by atoms with Gasteiger partial charge in [-0.1, -0.05) is 6.07 Å². The number of halogens is 3. The third kappa shape index (κ3) is 5.89. The van der Waals surface area contributed by atoms with Gasteiger partial charge < -0.3 is 24.4 Å². The summed E-state index contributed by atoms with van der Waals surface area (Å²) >= 11 is 0. The highest BCUT2D eigenvalue weighted by Crippen LogP contribution is 2.35. The highest BCUT2D eigenvalue weighted by Gasteiger charge is 2.31. The lowest BCUT2D eigenvalue weighted by Crippen LogP contribution is -2.36. The molecule has 1 atom stereocenters. The molecule has 0 aliphatic carbocycles. The van der Waals surface area contributed by atoms with E-state index in [4.69, 9.17) is 14.2 Å². The van der Waals surface area contributed by atoms with Gasteiger partial charge in [0.15, 0.2) is 0 Å². The van der Waals surface area contributed by atoms with Gasteiger partial charge in [0.05, 0.1) is 43.9 Å². The minimum atomic E-state index is -4.54. The highest BCUT2D eigenvalue weighted by molar-refractivity contribution is 6.04. The van der Waals surface area contributed by atoms with Crippen molar-refractivity contribution in [2.24, 2.45) is 0 Å². The second-order valence-corrected chi connectivity index (χ2v) is 9.14. The number of benzene rings is 1. The van der Waals surface area contributed by atoms with Crippen LogP contribution in [0.2, 0.25) is 0 Å². The lowest BCUT2D eigenvalue weighted by molar-refractivity contribution is -0.137. The molecule has 0 unspecified atom stereocenters. The number of anilines is 2. The molecule has 2 saturated heterocycles. The first-order chi connectivity index (χ1) is 18.3. The van der Waals surface area contributed by atoms with Crippen molar-refractivity contribution in [1.29, 1.82) is 0 Å². The van der Waals surface area contributed by atoms with Gasteiger partial charge >= 0.3 is 6.18 Å². The minimum absolute atomic E-state index is 0.0640. The smallest absolute Gasteiger partial charge is 0.416 e. The minimum Gasteiger partial charge on any atom is -0.470 e. The fourth-order valence-electron chi connectivity index (χ4n) is 4.41. The quantitative estimate of drug-likeness (QED) is 0.495. The predicted molar refractivity (Wildman–Crippen MR) is 134 cm³/mol. The zero-order chi connectivity index (χ0) is 26.7. The van der Waals surface area contributed by atoms with E-state index in [1.807, 2.05) is 13.0 Å². The maximum Gasteiger partial charge on any atom is 0.416 e. The van der Waals surface area contributed by atoms with Gasteiger partial charge in [0.2, 0.25) is 5.88 Å². The number of nitrogens with one attached hydrogen (secondary N) is 1. The Morgan fingerprint density at radius 2 is 1.89 bits per heavy atom. The monoisotopic (exact) mass is 528 g/mol. The molecule has 2 aliphatic rings. The first-order valence-electron chi connectivity index (χ1n) is 12.3. The molecule has 38 heavy (non-hydrogen) atoms. The Hall–Kier alpha value is -3.70. The topological polar surface area (TPSA) is 85.8 Å². The summed E-state index contributed by atoms with van der Waals surface area (Å²) in [5, 5.41) is 2.66. The molecule has 11 heteroatoms. The Bertz CT molecular complexity index is 1310. The number of rotatable bonds is 6. The van der Waals surface area contributed by atoms with Crippen LogP contribution in [0.15, 0.2) is 48.8 Å². The van der Waals surface area contributed by atoms with E-state index >= 15 is 0 Å². The van der Waals surface area contributed by atoms with E-state index in [0.717, 1.165) is 35.4 Å². The zero-order valence-corrected chi connectivity index (χ0v) is 20.8. The van der Waals surface area contributed by atoms with Crippen molar-refractivity contribution in [1.82, 2.24) is 9.97 Å². The molecule has 0 bridgehead atoms. The van der Waals surface area contributed by atoms with Crippen molar-refractivity contribution >= 4 is 17.3 Å². The lowest BCUT2D eigenvalue weighted by atomic mass is 10.0. The lowest BCUT2D eigenvalue weighted by Gasteiger charge is -2.30. The molecule has 8 nitrogen and oxygen atoms in total. The molecular formula is C27H27F3N4O4. The first-order valence-corrected chi connectivity index (χ1v) is 12.3. The van der Waals surface area contributed by atoms with E-state index in [2.05, 4.69) is 20.2 Å². The molecule has 5 rings (SSSR count). The van der Waals surface area contributed by atoms with Crippen LogP contribution in [0, 0.1) is 6.92 Å². The molecule has 2 aromatic heterocycles. The number of carbonyl (C=O) groups excluding carboxylic acids is 1. The molecule has 1 aromatic carbocycles. The van der Waals surface area contributed by atoms with Crippen LogP contribution in [-0.2, 0) is 15.7 Å². The summed E-state index contributed by atoms with van der Waals surface area (Å²) in [6.07, 6.45) is -0.648. The van der Waals surface area contributed by atoms with Gasteiger partial charge in [0.25, 0.3) is 5.91 Å². The average molecular weight is 529 g/mol. The largest absolute Gasteiger partial charge is 0.470 e. The van der Waals surface area contributed by atoms with Crippen molar-refractivity contribution in [3.8, 4) is 17.0 Å². The molecule has 200 valence electrons. The number of ether oxygens (including phenoxy) is 3. The number of hydrogen-bond acceptors (Lipinski definition) is 7. The molecule has 3 aromatic rings.